The van der Waals surface area contributed by atoms with E-state index in [0.29, 0.717) is 30.4 Å². The van der Waals surface area contributed by atoms with Crippen molar-refractivity contribution in [2.45, 2.75) is 65.5 Å². The molecule has 0 bridgehead atoms. The molecule has 0 aromatic heterocycles. The molecule has 0 radical (unpaired) electrons. The zero-order chi connectivity index (χ0) is 19.1. The number of nitrogens with zero attached hydrogens (tertiary/aromatic N) is 2. The van der Waals surface area contributed by atoms with Gasteiger partial charge in [0.25, 0.3) is 5.69 Å². The van der Waals surface area contributed by atoms with Gasteiger partial charge in [-0.15, -0.1) is 0 Å². The van der Waals surface area contributed by atoms with Crippen LogP contribution in [0.4, 0.5) is 17.1 Å². The third kappa shape index (κ3) is 4.66. The van der Waals surface area contributed by atoms with E-state index >= 15 is 0 Å². The fourth-order valence-electron chi connectivity index (χ4n) is 2.86. The Morgan fingerprint density at radius 3 is 2.12 bits per heavy atom. The predicted molar refractivity (Wildman–Crippen MR) is 97.2 cm³/mol. The molecule has 140 valence electrons. The molecule has 0 aliphatic heterocycles. The molecular weight excluding hydrogens is 326 g/mol. The van der Waals surface area contributed by atoms with Gasteiger partial charge in [0.2, 0.25) is 0 Å². The molecule has 8 heteroatoms. The van der Waals surface area contributed by atoms with Crippen LogP contribution >= 0.6 is 0 Å². The Bertz CT molecular complexity index is 629. The minimum absolute atomic E-state index is 0.0252. The Hall–Kier alpha value is -2.22. The molecular formula is C17H27N3O5. The third-order valence-electron chi connectivity index (χ3n) is 4.56. The highest BCUT2D eigenvalue weighted by Gasteiger charge is 2.33. The maximum absolute atomic E-state index is 11.8. The van der Waals surface area contributed by atoms with Gasteiger partial charge in [-0.25, -0.2) is 0 Å². The molecule has 0 saturated carbocycles. The minimum atomic E-state index is -0.555. The molecule has 1 rings (SSSR count). The van der Waals surface area contributed by atoms with E-state index in [0.717, 1.165) is 0 Å². The van der Waals surface area contributed by atoms with Gasteiger partial charge in [-0.3, -0.25) is 20.2 Å². The van der Waals surface area contributed by atoms with Gasteiger partial charge in [-0.2, -0.15) is 0 Å². The standard InChI is InChI=1S/C17H27N3O5/c1-6-11(4)13-9-15(19(21)22)16(18-12(7-2)8-3)17(20(23)24)14(13)10-25-5/h9,11-12,18H,6-8,10H2,1-5H3. The number of benzene rings is 1. The number of hydrogen-bond acceptors (Lipinski definition) is 6. The second-order valence-corrected chi connectivity index (χ2v) is 6.10. The van der Waals surface area contributed by atoms with Gasteiger partial charge in [0, 0.05) is 19.2 Å². The summed E-state index contributed by atoms with van der Waals surface area (Å²) < 4.78 is 5.16. The highest BCUT2D eigenvalue weighted by atomic mass is 16.6. The summed E-state index contributed by atoms with van der Waals surface area (Å²) >= 11 is 0. The summed E-state index contributed by atoms with van der Waals surface area (Å²) in [5.41, 5.74) is 0.466. The van der Waals surface area contributed by atoms with Crippen LogP contribution in [0.2, 0.25) is 0 Å². The van der Waals surface area contributed by atoms with Gasteiger partial charge in [-0.05, 0) is 30.7 Å². The fraction of sp³-hybridized carbons (Fsp3) is 0.647. The van der Waals surface area contributed by atoms with E-state index in [1.807, 2.05) is 27.7 Å². The van der Waals surface area contributed by atoms with Crippen molar-refractivity contribution in [3.8, 4) is 0 Å². The lowest BCUT2D eigenvalue weighted by molar-refractivity contribution is -0.393. The summed E-state index contributed by atoms with van der Waals surface area (Å²) in [4.78, 5) is 22.3. The molecule has 1 aromatic carbocycles. The maximum atomic E-state index is 11.8. The van der Waals surface area contributed by atoms with E-state index in [9.17, 15) is 20.2 Å². The molecule has 8 nitrogen and oxygen atoms in total. The predicted octanol–water partition coefficient (Wildman–Crippen LogP) is 4.76. The lowest BCUT2D eigenvalue weighted by atomic mass is 9.91. The van der Waals surface area contributed by atoms with Crippen LogP contribution in [-0.4, -0.2) is 23.0 Å². The maximum Gasteiger partial charge on any atom is 0.305 e. The summed E-state index contributed by atoms with van der Waals surface area (Å²) in [5, 5.41) is 26.4. The smallest absolute Gasteiger partial charge is 0.305 e. The first kappa shape index (κ1) is 20.8. The first-order valence-corrected chi connectivity index (χ1v) is 8.56. The summed E-state index contributed by atoms with van der Waals surface area (Å²) in [7, 11) is 1.46. The Kier molecular flexibility index (Phi) is 7.76. The number of nitro benzene ring substituents is 2. The van der Waals surface area contributed by atoms with Gasteiger partial charge >= 0.3 is 5.69 Å². The van der Waals surface area contributed by atoms with Gasteiger partial charge in [-0.1, -0.05) is 27.7 Å². The number of ether oxygens (including phenoxy) is 1. The van der Waals surface area contributed by atoms with Crippen molar-refractivity contribution in [3.05, 3.63) is 37.4 Å². The van der Waals surface area contributed by atoms with E-state index in [1.165, 1.54) is 13.2 Å². The van der Waals surface area contributed by atoms with Crippen LogP contribution < -0.4 is 5.32 Å². The van der Waals surface area contributed by atoms with Crippen LogP contribution in [0.15, 0.2) is 6.07 Å². The van der Waals surface area contributed by atoms with Crippen LogP contribution in [0.5, 0.6) is 0 Å². The van der Waals surface area contributed by atoms with Crippen LogP contribution in [0.1, 0.15) is 64.0 Å². The van der Waals surface area contributed by atoms with E-state index < -0.39 is 9.85 Å². The molecule has 1 unspecified atom stereocenters. The van der Waals surface area contributed by atoms with Crippen molar-refractivity contribution in [1.29, 1.82) is 0 Å². The normalized spacial score (nSPS) is 12.2. The van der Waals surface area contributed by atoms with Gasteiger partial charge in [0.05, 0.1) is 22.0 Å². The van der Waals surface area contributed by atoms with E-state index in [4.69, 9.17) is 4.74 Å². The average Bonchev–Trinajstić information content (AvgIpc) is 2.58. The van der Waals surface area contributed by atoms with Gasteiger partial charge < -0.3 is 10.1 Å². The minimum Gasteiger partial charge on any atom is -0.380 e. The van der Waals surface area contributed by atoms with E-state index in [1.54, 1.807) is 0 Å². The Morgan fingerprint density at radius 2 is 1.72 bits per heavy atom. The van der Waals surface area contributed by atoms with Crippen molar-refractivity contribution in [1.82, 2.24) is 0 Å². The number of rotatable bonds is 10. The van der Waals surface area contributed by atoms with Crippen LogP contribution in [0.3, 0.4) is 0 Å². The quantitative estimate of drug-likeness (QED) is 0.480. The van der Waals surface area contributed by atoms with E-state index in [2.05, 4.69) is 5.32 Å². The molecule has 0 spiro atoms. The molecule has 0 aliphatic rings. The zero-order valence-electron chi connectivity index (χ0n) is 15.5. The zero-order valence-corrected chi connectivity index (χ0v) is 15.5. The number of nitrogens with one attached hydrogen (secondary N) is 1. The number of methoxy groups -OCH3 is 1. The van der Waals surface area contributed by atoms with E-state index in [-0.39, 0.29) is 35.6 Å². The second kappa shape index (κ2) is 9.31. The van der Waals surface area contributed by atoms with Gasteiger partial charge in [0.1, 0.15) is 0 Å². The molecule has 0 amide bonds. The third-order valence-corrected chi connectivity index (χ3v) is 4.56. The molecule has 1 N–H and O–H groups in total. The SMILES string of the molecule is CCC(CC)Nc1c([N+](=O)[O-])cc(C(C)CC)c(COC)c1[N+](=O)[O-]. The Labute approximate surface area is 147 Å². The van der Waals surface area contributed by atoms with Crippen molar-refractivity contribution < 1.29 is 14.6 Å². The monoisotopic (exact) mass is 353 g/mol. The molecule has 0 fully saturated rings. The van der Waals surface area contributed by atoms with Crippen molar-refractivity contribution in [2.75, 3.05) is 12.4 Å². The molecule has 0 saturated heterocycles. The highest BCUT2D eigenvalue weighted by Crippen LogP contribution is 2.43. The summed E-state index contributed by atoms with van der Waals surface area (Å²) in [6.45, 7) is 7.74. The fourth-order valence-corrected chi connectivity index (χ4v) is 2.86. The molecule has 25 heavy (non-hydrogen) atoms. The van der Waals surface area contributed by atoms with Gasteiger partial charge in [0.15, 0.2) is 5.69 Å². The second-order valence-electron chi connectivity index (χ2n) is 6.10. The largest absolute Gasteiger partial charge is 0.380 e. The summed E-state index contributed by atoms with van der Waals surface area (Å²) in [5.74, 6) is -0.0512. The van der Waals surface area contributed by atoms with Crippen molar-refractivity contribution in [3.63, 3.8) is 0 Å². The highest BCUT2D eigenvalue weighted by molar-refractivity contribution is 5.78. The topological polar surface area (TPSA) is 108 Å². The Morgan fingerprint density at radius 1 is 1.12 bits per heavy atom. The summed E-state index contributed by atoms with van der Waals surface area (Å²) in [6, 6.07) is 1.38. The van der Waals surface area contributed by atoms with Crippen molar-refractivity contribution >= 4 is 17.1 Å². The molecule has 1 atom stereocenters. The first-order valence-electron chi connectivity index (χ1n) is 8.56. The lowest BCUT2D eigenvalue weighted by Gasteiger charge is -2.20. The van der Waals surface area contributed by atoms with Crippen molar-refractivity contribution in [2.24, 2.45) is 0 Å². The van der Waals surface area contributed by atoms with Crippen LogP contribution in [-0.2, 0) is 11.3 Å². The number of anilines is 1. The molecule has 0 heterocycles. The number of nitro groups is 2. The van der Waals surface area contributed by atoms with Crippen LogP contribution in [0, 0.1) is 20.2 Å². The number of hydrogen-bond donors (Lipinski definition) is 1. The molecule has 1 aromatic rings. The average molecular weight is 353 g/mol. The Balaban J connectivity index is 3.79. The first-order chi connectivity index (χ1) is 11.8. The lowest BCUT2D eigenvalue weighted by Crippen LogP contribution is -2.20. The summed E-state index contributed by atoms with van der Waals surface area (Å²) in [6.07, 6.45) is 2.12. The molecule has 0 aliphatic carbocycles. The van der Waals surface area contributed by atoms with Crippen LogP contribution in [0.25, 0.3) is 0 Å².